The predicted molar refractivity (Wildman–Crippen MR) is 95.8 cm³/mol. The number of hydrogen-bond donors (Lipinski definition) is 4. The SMILES string of the molecule is CC1(C)CC(NC(=O)C(=O)NC(=O)c2ccccc2N)CC(C)(C)N1. The molecule has 7 heteroatoms. The third-order valence-corrected chi connectivity index (χ3v) is 4.16. The first-order valence-corrected chi connectivity index (χ1v) is 8.29. The fourth-order valence-corrected chi connectivity index (χ4v) is 3.61. The number of nitrogens with two attached hydrogens (primary N) is 1. The van der Waals surface area contributed by atoms with E-state index in [-0.39, 0.29) is 28.4 Å². The molecule has 0 saturated carbocycles. The third-order valence-electron chi connectivity index (χ3n) is 4.16. The second kappa shape index (κ2) is 6.84. The molecule has 0 aromatic heterocycles. The lowest BCUT2D eigenvalue weighted by Crippen LogP contribution is -2.63. The van der Waals surface area contributed by atoms with Crippen LogP contribution in [-0.2, 0) is 9.59 Å². The molecule has 1 saturated heterocycles. The standard InChI is InChI=1S/C18H26N4O3/c1-17(2)9-11(10-18(3,4)22-17)20-15(24)16(25)21-14(23)12-7-5-6-8-13(12)19/h5-8,11,22H,9-10,19H2,1-4H3,(H,20,24)(H,21,23,25). The van der Waals surface area contributed by atoms with E-state index in [0.717, 1.165) is 0 Å². The molecule has 0 aliphatic carbocycles. The first-order chi connectivity index (χ1) is 11.5. The molecule has 2 rings (SSSR count). The number of anilines is 1. The topological polar surface area (TPSA) is 113 Å². The Morgan fingerprint density at radius 3 is 2.16 bits per heavy atom. The monoisotopic (exact) mass is 346 g/mol. The van der Waals surface area contributed by atoms with Crippen LogP contribution in [0.15, 0.2) is 24.3 Å². The van der Waals surface area contributed by atoms with Gasteiger partial charge in [-0.25, -0.2) is 0 Å². The summed E-state index contributed by atoms with van der Waals surface area (Å²) in [5, 5.41) is 8.31. The van der Waals surface area contributed by atoms with Gasteiger partial charge in [0.1, 0.15) is 0 Å². The zero-order chi connectivity index (χ0) is 18.8. The van der Waals surface area contributed by atoms with Crippen LogP contribution >= 0.6 is 0 Å². The van der Waals surface area contributed by atoms with Crippen LogP contribution < -0.4 is 21.7 Å². The summed E-state index contributed by atoms with van der Waals surface area (Å²) in [6, 6.07) is 6.21. The molecule has 136 valence electrons. The Kier molecular flexibility index (Phi) is 5.17. The van der Waals surface area contributed by atoms with Gasteiger partial charge in [-0.3, -0.25) is 19.7 Å². The van der Waals surface area contributed by atoms with Crippen LogP contribution in [0.2, 0.25) is 0 Å². The van der Waals surface area contributed by atoms with E-state index < -0.39 is 17.7 Å². The number of piperidine rings is 1. The summed E-state index contributed by atoms with van der Waals surface area (Å²) < 4.78 is 0. The number of benzene rings is 1. The van der Waals surface area contributed by atoms with Gasteiger partial charge < -0.3 is 16.4 Å². The quantitative estimate of drug-likeness (QED) is 0.470. The lowest BCUT2D eigenvalue weighted by atomic mass is 9.79. The van der Waals surface area contributed by atoms with Crippen molar-refractivity contribution in [3.05, 3.63) is 29.8 Å². The highest BCUT2D eigenvalue weighted by molar-refractivity contribution is 6.38. The minimum Gasteiger partial charge on any atom is -0.398 e. The van der Waals surface area contributed by atoms with Crippen molar-refractivity contribution in [2.24, 2.45) is 0 Å². The van der Waals surface area contributed by atoms with Crippen molar-refractivity contribution >= 4 is 23.4 Å². The summed E-state index contributed by atoms with van der Waals surface area (Å²) in [5.74, 6) is -2.49. The van der Waals surface area contributed by atoms with E-state index in [4.69, 9.17) is 5.73 Å². The van der Waals surface area contributed by atoms with Gasteiger partial charge in [-0.05, 0) is 52.7 Å². The average Bonchev–Trinajstić information content (AvgIpc) is 2.43. The van der Waals surface area contributed by atoms with Crippen LogP contribution in [0.4, 0.5) is 5.69 Å². The Bertz CT molecular complexity index is 681. The highest BCUT2D eigenvalue weighted by atomic mass is 16.2. The van der Waals surface area contributed by atoms with Gasteiger partial charge in [-0.1, -0.05) is 12.1 Å². The van der Waals surface area contributed by atoms with E-state index in [0.29, 0.717) is 12.8 Å². The van der Waals surface area contributed by atoms with E-state index in [9.17, 15) is 14.4 Å². The second-order valence-corrected chi connectivity index (χ2v) is 7.84. The first kappa shape index (κ1) is 18.9. The summed E-state index contributed by atoms with van der Waals surface area (Å²) in [6.45, 7) is 8.20. The number of nitrogens with one attached hydrogen (secondary N) is 3. The Morgan fingerprint density at radius 1 is 1.04 bits per heavy atom. The second-order valence-electron chi connectivity index (χ2n) is 7.84. The molecular formula is C18H26N4O3. The van der Waals surface area contributed by atoms with Crippen molar-refractivity contribution in [2.45, 2.75) is 57.7 Å². The maximum Gasteiger partial charge on any atom is 0.316 e. The summed E-state index contributed by atoms with van der Waals surface area (Å²) in [6.07, 6.45) is 1.38. The number of carbonyl (C=O) groups excluding carboxylic acids is 3. The molecule has 5 N–H and O–H groups in total. The fourth-order valence-electron chi connectivity index (χ4n) is 3.61. The van der Waals surface area contributed by atoms with Gasteiger partial charge in [0.05, 0.1) is 5.56 Å². The van der Waals surface area contributed by atoms with Gasteiger partial charge in [-0.2, -0.15) is 0 Å². The molecule has 7 nitrogen and oxygen atoms in total. The number of hydrogen-bond acceptors (Lipinski definition) is 5. The summed E-state index contributed by atoms with van der Waals surface area (Å²) in [7, 11) is 0. The predicted octanol–water partition coefficient (Wildman–Crippen LogP) is 0.951. The Morgan fingerprint density at radius 2 is 1.60 bits per heavy atom. The molecule has 1 heterocycles. The van der Waals surface area contributed by atoms with Crippen LogP contribution in [0, 0.1) is 0 Å². The summed E-state index contributed by atoms with van der Waals surface area (Å²) in [4.78, 5) is 36.3. The molecule has 1 fully saturated rings. The van der Waals surface area contributed by atoms with Crippen LogP contribution in [0.1, 0.15) is 50.9 Å². The molecule has 0 bridgehead atoms. The van der Waals surface area contributed by atoms with Crippen molar-refractivity contribution in [3.63, 3.8) is 0 Å². The number of amides is 3. The molecule has 1 aromatic carbocycles. The zero-order valence-electron chi connectivity index (χ0n) is 15.1. The summed E-state index contributed by atoms with van der Waals surface area (Å²) in [5.41, 5.74) is 5.78. The minimum absolute atomic E-state index is 0.151. The van der Waals surface area contributed by atoms with Gasteiger partial charge >= 0.3 is 11.8 Å². The van der Waals surface area contributed by atoms with E-state index in [1.807, 2.05) is 0 Å². The highest BCUT2D eigenvalue weighted by Gasteiger charge is 2.38. The lowest BCUT2D eigenvalue weighted by Gasteiger charge is -2.46. The number of nitrogen functional groups attached to an aromatic ring is 1. The van der Waals surface area contributed by atoms with E-state index in [1.54, 1.807) is 18.2 Å². The molecule has 0 atom stereocenters. The molecule has 3 amide bonds. The molecule has 0 radical (unpaired) electrons. The normalized spacial score (nSPS) is 19.0. The van der Waals surface area contributed by atoms with Crippen LogP contribution in [-0.4, -0.2) is 34.8 Å². The number of imide groups is 1. The molecule has 1 aliphatic rings. The van der Waals surface area contributed by atoms with Crippen molar-refractivity contribution < 1.29 is 14.4 Å². The zero-order valence-corrected chi connectivity index (χ0v) is 15.1. The highest BCUT2D eigenvalue weighted by Crippen LogP contribution is 2.28. The average molecular weight is 346 g/mol. The van der Waals surface area contributed by atoms with E-state index in [1.165, 1.54) is 6.07 Å². The number of carbonyl (C=O) groups is 3. The largest absolute Gasteiger partial charge is 0.398 e. The maximum atomic E-state index is 12.2. The Hall–Kier alpha value is -2.41. The van der Waals surface area contributed by atoms with Crippen LogP contribution in [0.3, 0.4) is 0 Å². The van der Waals surface area contributed by atoms with Crippen molar-refractivity contribution in [1.82, 2.24) is 16.0 Å². The molecule has 1 aromatic rings. The van der Waals surface area contributed by atoms with Crippen LogP contribution in [0.5, 0.6) is 0 Å². The first-order valence-electron chi connectivity index (χ1n) is 8.29. The minimum atomic E-state index is -0.984. The maximum absolute atomic E-state index is 12.2. The number of para-hydroxylation sites is 1. The van der Waals surface area contributed by atoms with Gasteiger partial charge in [-0.15, -0.1) is 0 Å². The van der Waals surface area contributed by atoms with E-state index >= 15 is 0 Å². The number of rotatable bonds is 2. The van der Waals surface area contributed by atoms with E-state index in [2.05, 4.69) is 43.6 Å². The van der Waals surface area contributed by atoms with Crippen molar-refractivity contribution in [2.75, 3.05) is 5.73 Å². The van der Waals surface area contributed by atoms with Gasteiger partial charge in [0.2, 0.25) is 0 Å². The molecular weight excluding hydrogens is 320 g/mol. The molecule has 25 heavy (non-hydrogen) atoms. The van der Waals surface area contributed by atoms with Gasteiger partial charge in [0.25, 0.3) is 5.91 Å². The molecule has 0 unspecified atom stereocenters. The Labute approximate surface area is 147 Å². The van der Waals surface area contributed by atoms with Crippen LogP contribution in [0.25, 0.3) is 0 Å². The third kappa shape index (κ3) is 5.03. The van der Waals surface area contributed by atoms with Gasteiger partial charge in [0, 0.05) is 22.8 Å². The smallest absolute Gasteiger partial charge is 0.316 e. The molecule has 0 spiro atoms. The Balaban J connectivity index is 1.98. The van der Waals surface area contributed by atoms with Gasteiger partial charge in [0.15, 0.2) is 0 Å². The fraction of sp³-hybridized carbons (Fsp3) is 0.500. The lowest BCUT2D eigenvalue weighted by molar-refractivity contribution is -0.139. The molecule has 1 aliphatic heterocycles. The van der Waals surface area contributed by atoms with Crippen molar-refractivity contribution in [1.29, 1.82) is 0 Å². The summed E-state index contributed by atoms with van der Waals surface area (Å²) >= 11 is 0. The van der Waals surface area contributed by atoms with Crippen molar-refractivity contribution in [3.8, 4) is 0 Å².